The third-order valence-corrected chi connectivity index (χ3v) is 1.77. The summed E-state index contributed by atoms with van der Waals surface area (Å²) >= 11 is 0. The van der Waals surface area contributed by atoms with Crippen molar-refractivity contribution in [2.45, 2.75) is 20.8 Å². The maximum Gasteiger partial charge on any atom is 3.00 e. The monoisotopic (exact) mass is 273 g/mol. The Morgan fingerprint density at radius 3 is 2.00 bits per heavy atom. The quantitative estimate of drug-likeness (QED) is 0.637. The largest absolute Gasteiger partial charge is 3.00 e. The fraction of sp³-hybridized carbons (Fsp3) is 0.375. The fourth-order valence-corrected chi connectivity index (χ4v) is 0.811. The first-order valence-corrected chi connectivity index (χ1v) is 2.91. The van der Waals surface area contributed by atoms with E-state index >= 15 is 0 Å². The number of aryl methyl sites for hydroxylation is 2. The number of hydrogen-bond donors (Lipinski definition) is 0. The zero-order chi connectivity index (χ0) is 6.15. The van der Waals surface area contributed by atoms with Crippen LogP contribution in [-0.2, 0) is 0 Å². The Hall–Kier alpha value is 0.597. The number of hydrogen-bond acceptors (Lipinski definition) is 0. The summed E-state index contributed by atoms with van der Waals surface area (Å²) in [6, 6.07) is 4.31. The first-order chi connectivity index (χ1) is 3.72. The van der Waals surface area contributed by atoms with Crippen LogP contribution in [0.4, 0.5) is 0 Å². The summed E-state index contributed by atoms with van der Waals surface area (Å²) in [7, 11) is 0. The normalized spacial score (nSPS) is 8.78. The Labute approximate surface area is 86.2 Å². The Kier molecular flexibility index (Phi) is 3.93. The van der Waals surface area contributed by atoms with Gasteiger partial charge in [-0.05, 0) is 0 Å². The van der Waals surface area contributed by atoms with Gasteiger partial charge in [0.15, 0.2) is 0 Å². The molecular weight excluding hydrogens is 263 g/mol. The van der Waals surface area contributed by atoms with Crippen molar-refractivity contribution in [2.24, 2.45) is 0 Å². The minimum atomic E-state index is 0. The molecule has 1 heteroatoms. The van der Waals surface area contributed by atoms with Gasteiger partial charge in [-0.1, -0.05) is 20.8 Å². The molecule has 0 fully saturated rings. The minimum Gasteiger partial charge on any atom is -0.210 e. The van der Waals surface area contributed by atoms with E-state index in [4.69, 9.17) is 0 Å². The van der Waals surface area contributed by atoms with E-state index in [-0.39, 0.29) is 37.3 Å². The van der Waals surface area contributed by atoms with Crippen LogP contribution >= 0.6 is 0 Å². The van der Waals surface area contributed by atoms with Gasteiger partial charge in [-0.15, -0.1) is 0 Å². The molecule has 9 heavy (non-hydrogen) atoms. The van der Waals surface area contributed by atoms with Crippen LogP contribution < -0.4 is 0 Å². The molecule has 0 heterocycles. The van der Waals surface area contributed by atoms with E-state index in [0.717, 1.165) is 0 Å². The second-order valence-electron chi connectivity index (χ2n) is 2.32. The topological polar surface area (TPSA) is 0 Å². The van der Waals surface area contributed by atoms with Gasteiger partial charge in [-0.2, -0.15) is 22.8 Å². The summed E-state index contributed by atoms with van der Waals surface area (Å²) in [5.41, 5.74) is 4.25. The molecule has 53 valence electrons. The van der Waals surface area contributed by atoms with Gasteiger partial charge in [0.1, 0.15) is 0 Å². The van der Waals surface area contributed by atoms with Gasteiger partial charge in [0.25, 0.3) is 0 Å². The molecule has 0 saturated heterocycles. The average Bonchev–Trinajstić information content (AvgIpc) is 1.98. The summed E-state index contributed by atoms with van der Waals surface area (Å²) in [6.07, 6.45) is 0. The molecule has 0 aliphatic heterocycles. The van der Waals surface area contributed by atoms with Crippen molar-refractivity contribution >= 4 is 0 Å². The van der Waals surface area contributed by atoms with E-state index in [1.807, 2.05) is 0 Å². The molecule has 0 saturated carbocycles. The maximum atomic E-state index is 2.16. The molecule has 0 unspecified atom stereocenters. The summed E-state index contributed by atoms with van der Waals surface area (Å²) < 4.78 is 0. The molecule has 0 aliphatic rings. The summed E-state index contributed by atoms with van der Waals surface area (Å²) in [5, 5.41) is 0. The molecule has 0 aliphatic carbocycles. The molecule has 1 aromatic rings. The summed E-state index contributed by atoms with van der Waals surface area (Å²) in [5.74, 6) is 0. The van der Waals surface area contributed by atoms with Gasteiger partial charge in [-0.25, -0.2) is 6.07 Å². The molecule has 1 aromatic carbocycles. The summed E-state index contributed by atoms with van der Waals surface area (Å²) in [4.78, 5) is 0. The standard InChI is InChI=1S/C8H11.Er/c1-6-4-5-7(2)8(6)3;/h4-5H,1-3H3;/q-1;+3. The third-order valence-electron chi connectivity index (χ3n) is 1.77. The predicted molar refractivity (Wildman–Crippen MR) is 36.2 cm³/mol. The van der Waals surface area contributed by atoms with E-state index in [2.05, 4.69) is 32.9 Å². The van der Waals surface area contributed by atoms with Crippen molar-refractivity contribution in [3.05, 3.63) is 28.8 Å². The third kappa shape index (κ3) is 2.02. The summed E-state index contributed by atoms with van der Waals surface area (Å²) in [6.45, 7) is 6.44. The van der Waals surface area contributed by atoms with Crippen LogP contribution in [0.5, 0.6) is 0 Å². The van der Waals surface area contributed by atoms with Crippen molar-refractivity contribution in [2.75, 3.05) is 0 Å². The van der Waals surface area contributed by atoms with Crippen LogP contribution in [0.1, 0.15) is 16.7 Å². The first-order valence-electron chi connectivity index (χ1n) is 2.91. The van der Waals surface area contributed by atoms with Gasteiger partial charge in [-0.3, -0.25) is 0 Å². The van der Waals surface area contributed by atoms with Crippen LogP contribution in [0, 0.1) is 58.1 Å². The van der Waals surface area contributed by atoms with E-state index in [0.29, 0.717) is 0 Å². The van der Waals surface area contributed by atoms with E-state index < -0.39 is 0 Å². The molecule has 0 spiro atoms. The average molecular weight is 274 g/mol. The molecule has 1 radical (unpaired) electrons. The van der Waals surface area contributed by atoms with Crippen molar-refractivity contribution in [3.8, 4) is 0 Å². The first kappa shape index (κ1) is 9.60. The van der Waals surface area contributed by atoms with Gasteiger partial charge in [0.2, 0.25) is 0 Å². The zero-order valence-electron chi connectivity index (χ0n) is 5.94. The molecule has 0 aromatic heterocycles. The zero-order valence-corrected chi connectivity index (χ0v) is 7.80. The second-order valence-corrected chi connectivity index (χ2v) is 2.32. The molecule has 0 atom stereocenters. The van der Waals surface area contributed by atoms with Gasteiger partial charge in [0, 0.05) is 0 Å². The minimum absolute atomic E-state index is 0. The Morgan fingerprint density at radius 1 is 1.33 bits per heavy atom. The van der Waals surface area contributed by atoms with Crippen LogP contribution in [0.25, 0.3) is 0 Å². The smallest absolute Gasteiger partial charge is 0.210 e. The van der Waals surface area contributed by atoms with Crippen molar-refractivity contribution in [1.29, 1.82) is 0 Å². The second kappa shape index (κ2) is 3.69. The molecule has 0 N–H and O–H groups in total. The van der Waals surface area contributed by atoms with E-state index in [1.54, 1.807) is 0 Å². The van der Waals surface area contributed by atoms with Crippen LogP contribution in [0.15, 0.2) is 12.1 Å². The van der Waals surface area contributed by atoms with Gasteiger partial charge >= 0.3 is 37.3 Å². The van der Waals surface area contributed by atoms with Gasteiger partial charge < -0.3 is 0 Å². The van der Waals surface area contributed by atoms with Crippen LogP contribution in [0.2, 0.25) is 0 Å². The van der Waals surface area contributed by atoms with E-state index in [1.165, 1.54) is 16.7 Å². The molecule has 0 amide bonds. The molecule has 1 rings (SSSR count). The molecule has 0 nitrogen and oxygen atoms in total. The Bertz CT molecular complexity index is 167. The predicted octanol–water partition coefficient (Wildman–Crippen LogP) is 2.33. The fourth-order valence-electron chi connectivity index (χ4n) is 0.811. The molecular formula is C8H11Er+2. The van der Waals surface area contributed by atoms with Crippen molar-refractivity contribution in [1.82, 2.24) is 0 Å². The van der Waals surface area contributed by atoms with Gasteiger partial charge in [0.05, 0.1) is 0 Å². The Morgan fingerprint density at radius 2 is 1.89 bits per heavy atom. The maximum absolute atomic E-state index is 2.16. The number of rotatable bonds is 0. The van der Waals surface area contributed by atoms with Crippen molar-refractivity contribution in [3.63, 3.8) is 0 Å². The SMILES string of the molecule is Cc1cc[c-](C)c1C.[Er+3]. The van der Waals surface area contributed by atoms with E-state index in [9.17, 15) is 0 Å². The van der Waals surface area contributed by atoms with Crippen LogP contribution in [-0.4, -0.2) is 0 Å². The van der Waals surface area contributed by atoms with Crippen LogP contribution in [0.3, 0.4) is 0 Å². The molecule has 0 bridgehead atoms. The van der Waals surface area contributed by atoms with Crippen molar-refractivity contribution < 1.29 is 37.3 Å². The Balaban J connectivity index is 0.000000640.